The molecule has 0 aromatic carbocycles. The van der Waals surface area contributed by atoms with Crippen molar-refractivity contribution in [3.63, 3.8) is 0 Å². The van der Waals surface area contributed by atoms with E-state index in [1.54, 1.807) is 12.1 Å². The van der Waals surface area contributed by atoms with E-state index < -0.39 is 11.5 Å². The zero-order valence-corrected chi connectivity index (χ0v) is 13.9. The van der Waals surface area contributed by atoms with Crippen molar-refractivity contribution in [2.75, 3.05) is 5.32 Å². The van der Waals surface area contributed by atoms with E-state index in [1.165, 1.54) is 6.07 Å². The van der Waals surface area contributed by atoms with E-state index in [-0.39, 0.29) is 16.8 Å². The Kier molecular flexibility index (Phi) is 3.83. The van der Waals surface area contributed by atoms with E-state index in [0.29, 0.717) is 29.9 Å². The summed E-state index contributed by atoms with van der Waals surface area (Å²) in [5.41, 5.74) is 1.02. The van der Waals surface area contributed by atoms with Crippen LogP contribution in [-0.2, 0) is 6.42 Å². The number of rotatable bonds is 2. The van der Waals surface area contributed by atoms with Gasteiger partial charge in [-0.2, -0.15) is 0 Å². The maximum absolute atomic E-state index is 12.4. The van der Waals surface area contributed by atoms with Crippen molar-refractivity contribution in [3.05, 3.63) is 57.1 Å². The van der Waals surface area contributed by atoms with Gasteiger partial charge in [-0.25, -0.2) is 4.98 Å². The quantitative estimate of drug-likeness (QED) is 0.887. The zero-order valence-electron chi connectivity index (χ0n) is 13.9. The first-order valence-corrected chi connectivity index (χ1v) is 7.80. The van der Waals surface area contributed by atoms with Gasteiger partial charge in [-0.3, -0.25) is 14.4 Å². The summed E-state index contributed by atoms with van der Waals surface area (Å²) in [5, 5.41) is 2.60. The third kappa shape index (κ3) is 3.13. The third-order valence-electron chi connectivity index (χ3n) is 4.09. The second-order valence-corrected chi connectivity index (χ2v) is 6.96. The molecule has 0 aliphatic heterocycles. The Hall–Kier alpha value is -2.76. The normalized spacial score (nSPS) is 15.7. The maximum Gasteiger partial charge on any atom is 0.262 e. The molecule has 2 heterocycles. The molecule has 0 saturated carbocycles. The highest BCUT2D eigenvalue weighted by Gasteiger charge is 2.32. The SMILES string of the molecule is Cc1cccc(NC(=O)c2cc3c([nH]c2=O)CC(C)(C)CC3=O)n1. The van der Waals surface area contributed by atoms with Crippen LogP contribution in [0.5, 0.6) is 0 Å². The minimum Gasteiger partial charge on any atom is -0.325 e. The number of aryl methyl sites for hydroxylation is 1. The standard InChI is InChI=1S/C18H19N3O3/c1-10-5-4-6-15(19-10)21-17(24)12-7-11-13(20-16(12)23)8-18(2,3)9-14(11)22/h4-7H,8-9H2,1-3H3,(H,20,23)(H,19,21,24). The van der Waals surface area contributed by atoms with Gasteiger partial charge in [0.2, 0.25) is 0 Å². The monoisotopic (exact) mass is 325 g/mol. The van der Waals surface area contributed by atoms with Crippen molar-refractivity contribution in [2.45, 2.75) is 33.6 Å². The zero-order chi connectivity index (χ0) is 17.5. The molecule has 6 nitrogen and oxygen atoms in total. The molecule has 0 fully saturated rings. The van der Waals surface area contributed by atoms with Crippen LogP contribution in [0, 0.1) is 12.3 Å². The number of pyridine rings is 2. The van der Waals surface area contributed by atoms with E-state index in [1.807, 2.05) is 26.8 Å². The van der Waals surface area contributed by atoms with Crippen LogP contribution in [0.4, 0.5) is 5.82 Å². The number of nitrogens with one attached hydrogen (secondary N) is 2. The van der Waals surface area contributed by atoms with Crippen LogP contribution in [0.15, 0.2) is 29.1 Å². The molecule has 0 spiro atoms. The summed E-state index contributed by atoms with van der Waals surface area (Å²) in [5.74, 6) is -0.264. The molecule has 0 unspecified atom stereocenters. The number of carbonyl (C=O) groups is 2. The minimum atomic E-state index is -0.574. The lowest BCUT2D eigenvalue weighted by Crippen LogP contribution is -2.32. The van der Waals surface area contributed by atoms with Crippen LogP contribution in [0.2, 0.25) is 0 Å². The number of nitrogens with zero attached hydrogens (tertiary/aromatic N) is 1. The fraction of sp³-hybridized carbons (Fsp3) is 0.333. The Morgan fingerprint density at radius 2 is 2.00 bits per heavy atom. The first-order chi connectivity index (χ1) is 11.2. The van der Waals surface area contributed by atoms with Crippen LogP contribution in [0.1, 0.15) is 52.4 Å². The molecule has 0 radical (unpaired) electrons. The Labute approximate surface area is 139 Å². The molecule has 2 aromatic rings. The molecule has 0 saturated heterocycles. The van der Waals surface area contributed by atoms with Crippen molar-refractivity contribution in [1.29, 1.82) is 0 Å². The summed E-state index contributed by atoms with van der Waals surface area (Å²) >= 11 is 0. The van der Waals surface area contributed by atoms with E-state index in [4.69, 9.17) is 0 Å². The number of carbonyl (C=O) groups excluding carboxylic acids is 2. The van der Waals surface area contributed by atoms with E-state index in [9.17, 15) is 14.4 Å². The van der Waals surface area contributed by atoms with Gasteiger partial charge in [0.1, 0.15) is 11.4 Å². The summed E-state index contributed by atoms with van der Waals surface area (Å²) in [7, 11) is 0. The second-order valence-electron chi connectivity index (χ2n) is 6.96. The van der Waals surface area contributed by atoms with Crippen molar-refractivity contribution >= 4 is 17.5 Å². The topological polar surface area (TPSA) is 91.9 Å². The number of aromatic nitrogens is 2. The van der Waals surface area contributed by atoms with Gasteiger partial charge in [0.05, 0.1) is 0 Å². The van der Waals surface area contributed by atoms with Crippen molar-refractivity contribution in [1.82, 2.24) is 9.97 Å². The molecule has 24 heavy (non-hydrogen) atoms. The van der Waals surface area contributed by atoms with Crippen LogP contribution in [0.25, 0.3) is 0 Å². The largest absolute Gasteiger partial charge is 0.325 e. The van der Waals surface area contributed by atoms with Gasteiger partial charge in [-0.15, -0.1) is 0 Å². The van der Waals surface area contributed by atoms with Gasteiger partial charge in [-0.1, -0.05) is 19.9 Å². The van der Waals surface area contributed by atoms with Gasteiger partial charge in [0.15, 0.2) is 5.78 Å². The van der Waals surface area contributed by atoms with Crippen molar-refractivity contribution < 1.29 is 9.59 Å². The lowest BCUT2D eigenvalue weighted by atomic mass is 9.75. The highest BCUT2D eigenvalue weighted by atomic mass is 16.2. The average Bonchev–Trinajstić information content (AvgIpc) is 2.45. The highest BCUT2D eigenvalue weighted by molar-refractivity contribution is 6.06. The molecule has 6 heteroatoms. The molecule has 0 bridgehead atoms. The average molecular weight is 325 g/mol. The number of ketones is 1. The van der Waals surface area contributed by atoms with Gasteiger partial charge in [0.25, 0.3) is 11.5 Å². The van der Waals surface area contributed by atoms with E-state index in [2.05, 4.69) is 15.3 Å². The van der Waals surface area contributed by atoms with Gasteiger partial charge in [-0.05, 0) is 37.0 Å². The second kappa shape index (κ2) is 5.70. The summed E-state index contributed by atoms with van der Waals surface area (Å²) in [6.07, 6.45) is 0.997. The summed E-state index contributed by atoms with van der Waals surface area (Å²) in [6, 6.07) is 6.62. The minimum absolute atomic E-state index is 0.0553. The van der Waals surface area contributed by atoms with Crippen LogP contribution >= 0.6 is 0 Å². The lowest BCUT2D eigenvalue weighted by molar-refractivity contribution is 0.0910. The number of hydrogen-bond donors (Lipinski definition) is 2. The smallest absolute Gasteiger partial charge is 0.262 e. The van der Waals surface area contributed by atoms with Gasteiger partial charge >= 0.3 is 0 Å². The number of Topliss-reactive ketones (excluding diaryl/α,β-unsaturated/α-hetero) is 1. The predicted molar refractivity (Wildman–Crippen MR) is 90.4 cm³/mol. The molecule has 1 aliphatic carbocycles. The Balaban J connectivity index is 1.95. The molecule has 0 atom stereocenters. The fourth-order valence-electron chi connectivity index (χ4n) is 2.99. The number of anilines is 1. The van der Waals surface area contributed by atoms with Crippen LogP contribution in [0.3, 0.4) is 0 Å². The molecule has 1 amide bonds. The molecule has 3 rings (SSSR count). The summed E-state index contributed by atoms with van der Waals surface area (Å²) in [4.78, 5) is 43.8. The van der Waals surface area contributed by atoms with E-state index in [0.717, 1.165) is 5.69 Å². The first-order valence-electron chi connectivity index (χ1n) is 7.80. The summed E-state index contributed by atoms with van der Waals surface area (Å²) < 4.78 is 0. The van der Waals surface area contributed by atoms with Gasteiger partial charge < -0.3 is 10.3 Å². The van der Waals surface area contributed by atoms with Crippen LogP contribution in [-0.4, -0.2) is 21.7 Å². The highest BCUT2D eigenvalue weighted by Crippen LogP contribution is 2.33. The number of amides is 1. The summed E-state index contributed by atoms with van der Waals surface area (Å²) in [6.45, 7) is 5.77. The number of fused-ring (bicyclic) bond motifs is 1. The molecule has 2 aromatic heterocycles. The molecule has 2 N–H and O–H groups in total. The number of aromatic amines is 1. The number of H-pyrrole nitrogens is 1. The first kappa shape index (κ1) is 16.1. The fourth-order valence-corrected chi connectivity index (χ4v) is 2.99. The predicted octanol–water partition coefficient (Wildman–Crippen LogP) is 2.49. The molecule has 1 aliphatic rings. The Bertz CT molecular complexity index is 897. The Morgan fingerprint density at radius 3 is 2.71 bits per heavy atom. The van der Waals surface area contributed by atoms with Crippen molar-refractivity contribution in [2.24, 2.45) is 5.41 Å². The lowest BCUT2D eigenvalue weighted by Gasteiger charge is -2.29. The van der Waals surface area contributed by atoms with Gasteiger partial charge in [0, 0.05) is 23.4 Å². The van der Waals surface area contributed by atoms with E-state index >= 15 is 0 Å². The maximum atomic E-state index is 12.4. The third-order valence-corrected chi connectivity index (χ3v) is 4.09. The Morgan fingerprint density at radius 1 is 1.25 bits per heavy atom. The molecule has 124 valence electrons. The molecular weight excluding hydrogens is 306 g/mol. The van der Waals surface area contributed by atoms with Crippen LogP contribution < -0.4 is 10.9 Å². The molecular formula is C18H19N3O3. The van der Waals surface area contributed by atoms with Crippen molar-refractivity contribution in [3.8, 4) is 0 Å². The number of hydrogen-bond acceptors (Lipinski definition) is 4.